The molecular formula is C25H25NO5. The van der Waals surface area contributed by atoms with E-state index in [1.54, 1.807) is 44.6 Å². The van der Waals surface area contributed by atoms with Crippen LogP contribution in [0.4, 0.5) is 5.69 Å². The summed E-state index contributed by atoms with van der Waals surface area (Å²) >= 11 is 0. The molecule has 3 rings (SSSR count). The zero-order chi connectivity index (χ0) is 22.2. The van der Waals surface area contributed by atoms with E-state index in [0.717, 1.165) is 16.8 Å². The number of hydrogen-bond acceptors (Lipinski definition) is 5. The summed E-state index contributed by atoms with van der Waals surface area (Å²) in [6.07, 6.45) is 0.724. The van der Waals surface area contributed by atoms with Crippen LogP contribution in [0.1, 0.15) is 27.9 Å². The Balaban J connectivity index is 1.52. The SMILES string of the molecule is COc1ccc(CCC(=O)Oc2ccc(C(=O)Nc3ccc(C)cc3)cc2)cc1OC. The zero-order valence-corrected chi connectivity index (χ0v) is 17.8. The van der Waals surface area contributed by atoms with Crippen LogP contribution >= 0.6 is 0 Å². The number of rotatable bonds is 8. The lowest BCUT2D eigenvalue weighted by Crippen LogP contribution is -2.12. The summed E-state index contributed by atoms with van der Waals surface area (Å²) in [7, 11) is 3.15. The molecule has 0 fully saturated rings. The van der Waals surface area contributed by atoms with Gasteiger partial charge < -0.3 is 19.5 Å². The maximum absolute atomic E-state index is 12.4. The van der Waals surface area contributed by atoms with Crippen molar-refractivity contribution in [2.45, 2.75) is 19.8 Å². The van der Waals surface area contributed by atoms with Gasteiger partial charge in [0.15, 0.2) is 11.5 Å². The summed E-state index contributed by atoms with van der Waals surface area (Å²) in [5.41, 5.74) is 3.26. The van der Waals surface area contributed by atoms with Crippen molar-refractivity contribution in [3.63, 3.8) is 0 Å². The van der Waals surface area contributed by atoms with Crippen LogP contribution in [0.2, 0.25) is 0 Å². The lowest BCUT2D eigenvalue weighted by Gasteiger charge is -2.10. The molecule has 3 aromatic carbocycles. The Labute approximate surface area is 181 Å². The quantitative estimate of drug-likeness (QED) is 0.419. The van der Waals surface area contributed by atoms with Crippen molar-refractivity contribution in [2.75, 3.05) is 19.5 Å². The third-order valence-electron chi connectivity index (χ3n) is 4.72. The van der Waals surface area contributed by atoms with Gasteiger partial charge in [-0.15, -0.1) is 0 Å². The number of amides is 1. The molecule has 1 amide bonds. The molecule has 0 radical (unpaired) electrons. The number of aryl methyl sites for hydroxylation is 2. The highest BCUT2D eigenvalue weighted by atomic mass is 16.5. The number of ether oxygens (including phenoxy) is 3. The summed E-state index contributed by atoms with van der Waals surface area (Å²) < 4.78 is 15.9. The molecule has 6 nitrogen and oxygen atoms in total. The lowest BCUT2D eigenvalue weighted by molar-refractivity contribution is -0.134. The lowest BCUT2D eigenvalue weighted by atomic mass is 10.1. The number of anilines is 1. The van der Waals surface area contributed by atoms with E-state index in [1.165, 1.54) is 0 Å². The fraction of sp³-hybridized carbons (Fsp3) is 0.200. The van der Waals surface area contributed by atoms with Crippen molar-refractivity contribution in [1.82, 2.24) is 0 Å². The molecule has 6 heteroatoms. The minimum Gasteiger partial charge on any atom is -0.493 e. The number of esters is 1. The molecule has 3 aromatic rings. The standard InChI is InChI=1S/C25H25NO5/c1-17-4-10-20(11-5-17)26-25(28)19-8-12-21(13-9-19)31-24(27)15-7-18-6-14-22(29-2)23(16-18)30-3/h4-6,8-14,16H,7,15H2,1-3H3,(H,26,28). The van der Waals surface area contributed by atoms with Gasteiger partial charge in [0.2, 0.25) is 0 Å². The predicted molar refractivity (Wildman–Crippen MR) is 119 cm³/mol. The highest BCUT2D eigenvalue weighted by molar-refractivity contribution is 6.04. The molecule has 0 aliphatic heterocycles. The van der Waals surface area contributed by atoms with E-state index in [-0.39, 0.29) is 18.3 Å². The van der Waals surface area contributed by atoms with E-state index in [1.807, 2.05) is 43.3 Å². The van der Waals surface area contributed by atoms with Crippen molar-refractivity contribution in [3.05, 3.63) is 83.4 Å². The molecular weight excluding hydrogens is 394 g/mol. The van der Waals surface area contributed by atoms with Crippen LogP contribution in [0.25, 0.3) is 0 Å². The molecule has 0 saturated carbocycles. The van der Waals surface area contributed by atoms with Gasteiger partial charge in [0.1, 0.15) is 5.75 Å². The number of carbonyl (C=O) groups excluding carboxylic acids is 2. The van der Waals surface area contributed by atoms with Crippen LogP contribution in [0.5, 0.6) is 17.2 Å². The van der Waals surface area contributed by atoms with Gasteiger partial charge >= 0.3 is 5.97 Å². The summed E-state index contributed by atoms with van der Waals surface area (Å²) in [5, 5.41) is 2.84. The van der Waals surface area contributed by atoms with E-state index in [2.05, 4.69) is 5.32 Å². The van der Waals surface area contributed by atoms with E-state index in [0.29, 0.717) is 29.2 Å². The summed E-state index contributed by atoms with van der Waals surface area (Å²) in [4.78, 5) is 24.5. The minimum atomic E-state index is -0.355. The van der Waals surface area contributed by atoms with E-state index >= 15 is 0 Å². The average molecular weight is 419 g/mol. The minimum absolute atomic E-state index is 0.213. The smallest absolute Gasteiger partial charge is 0.311 e. The molecule has 0 aliphatic rings. The Kier molecular flexibility index (Phi) is 7.27. The number of nitrogens with one attached hydrogen (secondary N) is 1. The van der Waals surface area contributed by atoms with Gasteiger partial charge in [-0.1, -0.05) is 23.8 Å². The fourth-order valence-electron chi connectivity index (χ4n) is 2.98. The Morgan fingerprint density at radius 1 is 0.839 bits per heavy atom. The first-order valence-electron chi connectivity index (χ1n) is 9.88. The topological polar surface area (TPSA) is 73.9 Å². The van der Waals surface area contributed by atoms with Gasteiger partial charge in [-0.3, -0.25) is 9.59 Å². The van der Waals surface area contributed by atoms with E-state index in [4.69, 9.17) is 14.2 Å². The van der Waals surface area contributed by atoms with Crippen molar-refractivity contribution in [2.24, 2.45) is 0 Å². The second-order valence-electron chi connectivity index (χ2n) is 7.01. The first-order chi connectivity index (χ1) is 15.0. The zero-order valence-electron chi connectivity index (χ0n) is 17.8. The molecule has 0 unspecified atom stereocenters. The van der Waals surface area contributed by atoms with Crippen LogP contribution in [0.15, 0.2) is 66.7 Å². The molecule has 0 heterocycles. The molecule has 0 bridgehead atoms. The number of hydrogen-bond donors (Lipinski definition) is 1. The predicted octanol–water partition coefficient (Wildman–Crippen LogP) is 4.80. The highest BCUT2D eigenvalue weighted by Gasteiger charge is 2.10. The molecule has 0 spiro atoms. The summed E-state index contributed by atoms with van der Waals surface area (Å²) in [5.74, 6) is 1.07. The Bertz CT molecular complexity index is 1040. The largest absolute Gasteiger partial charge is 0.493 e. The van der Waals surface area contributed by atoms with Gasteiger partial charge in [0.05, 0.1) is 14.2 Å². The van der Waals surface area contributed by atoms with Gasteiger partial charge in [0.25, 0.3) is 5.91 Å². The van der Waals surface area contributed by atoms with Crippen molar-refractivity contribution in [1.29, 1.82) is 0 Å². The van der Waals surface area contributed by atoms with Crippen molar-refractivity contribution < 1.29 is 23.8 Å². The van der Waals surface area contributed by atoms with Crippen LogP contribution in [-0.2, 0) is 11.2 Å². The Morgan fingerprint density at radius 3 is 2.16 bits per heavy atom. The van der Waals surface area contributed by atoms with Crippen molar-refractivity contribution >= 4 is 17.6 Å². The van der Waals surface area contributed by atoms with Crippen LogP contribution < -0.4 is 19.5 Å². The molecule has 0 saturated heterocycles. The first kappa shape index (κ1) is 21.9. The van der Waals surface area contributed by atoms with Crippen LogP contribution in [0.3, 0.4) is 0 Å². The third-order valence-corrected chi connectivity index (χ3v) is 4.72. The van der Waals surface area contributed by atoms with Gasteiger partial charge in [-0.2, -0.15) is 0 Å². The molecule has 0 aliphatic carbocycles. The first-order valence-corrected chi connectivity index (χ1v) is 9.88. The fourth-order valence-corrected chi connectivity index (χ4v) is 2.98. The van der Waals surface area contributed by atoms with Gasteiger partial charge in [0, 0.05) is 17.7 Å². The van der Waals surface area contributed by atoms with E-state index in [9.17, 15) is 9.59 Å². The maximum atomic E-state index is 12.4. The summed E-state index contributed by atoms with van der Waals surface area (Å²) in [6.45, 7) is 1.99. The summed E-state index contributed by atoms with van der Waals surface area (Å²) in [6, 6.07) is 19.6. The molecule has 0 atom stereocenters. The Morgan fingerprint density at radius 2 is 1.52 bits per heavy atom. The normalized spacial score (nSPS) is 10.3. The second kappa shape index (κ2) is 10.3. The number of benzene rings is 3. The number of carbonyl (C=O) groups is 2. The molecule has 160 valence electrons. The molecule has 31 heavy (non-hydrogen) atoms. The maximum Gasteiger partial charge on any atom is 0.311 e. The van der Waals surface area contributed by atoms with Gasteiger partial charge in [-0.05, 0) is 67.4 Å². The average Bonchev–Trinajstić information content (AvgIpc) is 2.79. The van der Waals surface area contributed by atoms with Crippen molar-refractivity contribution in [3.8, 4) is 17.2 Å². The third kappa shape index (κ3) is 6.09. The monoisotopic (exact) mass is 419 g/mol. The highest BCUT2D eigenvalue weighted by Crippen LogP contribution is 2.28. The number of methoxy groups -OCH3 is 2. The van der Waals surface area contributed by atoms with E-state index < -0.39 is 0 Å². The Hall–Kier alpha value is -3.80. The molecule has 0 aromatic heterocycles. The second-order valence-corrected chi connectivity index (χ2v) is 7.01. The molecule has 1 N–H and O–H groups in total. The van der Waals surface area contributed by atoms with Crippen LogP contribution in [0, 0.1) is 6.92 Å². The van der Waals surface area contributed by atoms with Gasteiger partial charge in [-0.25, -0.2) is 0 Å². The van der Waals surface area contributed by atoms with Crippen LogP contribution in [-0.4, -0.2) is 26.1 Å².